The van der Waals surface area contributed by atoms with E-state index in [1.54, 1.807) is 0 Å². The molecule has 2 aromatic carbocycles. The molecule has 0 aliphatic heterocycles. The predicted molar refractivity (Wildman–Crippen MR) is 111 cm³/mol. The quantitative estimate of drug-likeness (QED) is 0.532. The minimum Gasteiger partial charge on any atom is -0.326 e. The Balaban J connectivity index is 1.92. The van der Waals surface area contributed by atoms with Crippen molar-refractivity contribution in [3.63, 3.8) is 0 Å². The Labute approximate surface area is 165 Å². The summed E-state index contributed by atoms with van der Waals surface area (Å²) in [5, 5.41) is 2.88. The first-order valence-corrected chi connectivity index (χ1v) is 9.32. The second kappa shape index (κ2) is 8.17. The molecule has 0 saturated carbocycles. The number of aromatic nitrogens is 1. The molecule has 0 aliphatic rings. The summed E-state index contributed by atoms with van der Waals surface area (Å²) in [5.41, 5.74) is 6.76. The van der Waals surface area contributed by atoms with Crippen LogP contribution in [-0.2, 0) is 11.3 Å². The van der Waals surface area contributed by atoms with Crippen LogP contribution < -0.4 is 9.88 Å². The largest absolute Gasteiger partial charge is 0.326 e. The molecule has 0 aliphatic carbocycles. The van der Waals surface area contributed by atoms with Gasteiger partial charge in [-0.3, -0.25) is 9.59 Å². The van der Waals surface area contributed by atoms with E-state index in [4.69, 9.17) is 0 Å². The number of nitrogens with zero attached hydrogens (tertiary/aromatic N) is 1. The monoisotopic (exact) mass is 373 g/mol. The molecule has 0 atom stereocenters. The number of nitrogens with one attached hydrogen (secondary N) is 1. The van der Waals surface area contributed by atoms with Gasteiger partial charge in [-0.2, -0.15) is 4.57 Å². The molecule has 142 valence electrons. The summed E-state index contributed by atoms with van der Waals surface area (Å²) in [6.07, 6.45) is 2.02. The van der Waals surface area contributed by atoms with Crippen LogP contribution in [0.4, 0.5) is 5.69 Å². The van der Waals surface area contributed by atoms with E-state index >= 15 is 0 Å². The lowest BCUT2D eigenvalue weighted by Gasteiger charge is -2.12. The molecule has 4 heteroatoms. The van der Waals surface area contributed by atoms with Crippen molar-refractivity contribution < 1.29 is 14.2 Å². The van der Waals surface area contributed by atoms with Crippen molar-refractivity contribution in [3.05, 3.63) is 83.2 Å². The normalized spacial score (nSPS) is 10.6. The third-order valence-electron chi connectivity index (χ3n) is 4.85. The second-order valence-electron chi connectivity index (χ2n) is 7.14. The summed E-state index contributed by atoms with van der Waals surface area (Å²) in [7, 11) is 0. The number of hydrogen-bond donors (Lipinski definition) is 1. The number of Topliss-reactive ketones (excluding diaryl/α,β-unsaturated/α-hetero) is 1. The molecule has 0 bridgehead atoms. The zero-order valence-corrected chi connectivity index (χ0v) is 16.7. The molecule has 1 aromatic heterocycles. The number of carbonyl (C=O) groups excluding carboxylic acids is 2. The number of amides is 1. The van der Waals surface area contributed by atoms with E-state index in [0.29, 0.717) is 6.54 Å². The molecule has 0 spiro atoms. The van der Waals surface area contributed by atoms with Gasteiger partial charge in [-0.1, -0.05) is 42.5 Å². The van der Waals surface area contributed by atoms with Gasteiger partial charge in [-0.15, -0.1) is 0 Å². The molecule has 0 radical (unpaired) electrons. The van der Waals surface area contributed by atoms with E-state index in [2.05, 4.69) is 17.4 Å². The molecule has 0 fully saturated rings. The van der Waals surface area contributed by atoms with Crippen LogP contribution in [0.1, 0.15) is 34.1 Å². The van der Waals surface area contributed by atoms with Crippen molar-refractivity contribution in [2.75, 3.05) is 5.32 Å². The van der Waals surface area contributed by atoms with Gasteiger partial charge in [0.2, 0.25) is 18.2 Å². The standard InChI is InChI=1S/C24H24N2O2/c1-16-10-11-21(13-23(16)25-19(4)27)22-12-18(3)26(14-17(22)2)15-24(28)20-8-6-5-7-9-20/h5-14H,15H2,1-4H3/p+1. The molecule has 28 heavy (non-hydrogen) atoms. The maximum absolute atomic E-state index is 12.6. The topological polar surface area (TPSA) is 50.1 Å². The number of hydrogen-bond acceptors (Lipinski definition) is 2. The molecular formula is C24H25N2O2+. The van der Waals surface area contributed by atoms with Crippen LogP contribution in [0.25, 0.3) is 11.1 Å². The van der Waals surface area contributed by atoms with E-state index in [9.17, 15) is 9.59 Å². The Morgan fingerprint density at radius 3 is 2.32 bits per heavy atom. The molecule has 1 heterocycles. The van der Waals surface area contributed by atoms with Crippen LogP contribution >= 0.6 is 0 Å². The molecule has 4 nitrogen and oxygen atoms in total. The summed E-state index contributed by atoms with van der Waals surface area (Å²) < 4.78 is 1.98. The highest BCUT2D eigenvalue weighted by atomic mass is 16.1. The lowest BCUT2D eigenvalue weighted by Crippen LogP contribution is -2.41. The van der Waals surface area contributed by atoms with Gasteiger partial charge in [0.05, 0.1) is 0 Å². The molecule has 0 unspecified atom stereocenters. The Morgan fingerprint density at radius 1 is 0.929 bits per heavy atom. The fourth-order valence-electron chi connectivity index (χ4n) is 3.28. The maximum atomic E-state index is 12.6. The molecule has 3 rings (SSSR count). The predicted octanol–water partition coefficient (Wildman–Crippen LogP) is 4.41. The summed E-state index contributed by atoms with van der Waals surface area (Å²) >= 11 is 0. The van der Waals surface area contributed by atoms with Gasteiger partial charge in [0.1, 0.15) is 0 Å². The van der Waals surface area contributed by atoms with Crippen molar-refractivity contribution in [3.8, 4) is 11.1 Å². The van der Waals surface area contributed by atoms with E-state index < -0.39 is 0 Å². The average Bonchev–Trinajstić information content (AvgIpc) is 2.66. The Hall–Kier alpha value is -3.27. The van der Waals surface area contributed by atoms with Gasteiger partial charge in [0.25, 0.3) is 0 Å². The smallest absolute Gasteiger partial charge is 0.227 e. The molecule has 1 N–H and O–H groups in total. The first-order chi connectivity index (χ1) is 13.3. The van der Waals surface area contributed by atoms with Gasteiger partial charge in [0, 0.05) is 36.7 Å². The van der Waals surface area contributed by atoms with Gasteiger partial charge < -0.3 is 5.32 Å². The maximum Gasteiger partial charge on any atom is 0.227 e. The average molecular weight is 373 g/mol. The Kier molecular flexibility index (Phi) is 5.69. The Bertz CT molecular complexity index is 1040. The lowest BCUT2D eigenvalue weighted by atomic mass is 9.99. The number of pyridine rings is 1. The van der Waals surface area contributed by atoms with Crippen molar-refractivity contribution in [1.29, 1.82) is 0 Å². The first-order valence-electron chi connectivity index (χ1n) is 9.32. The van der Waals surface area contributed by atoms with E-state index in [1.165, 1.54) is 6.92 Å². The lowest BCUT2D eigenvalue weighted by molar-refractivity contribution is -0.689. The van der Waals surface area contributed by atoms with Crippen molar-refractivity contribution >= 4 is 17.4 Å². The number of aryl methyl sites for hydroxylation is 3. The highest BCUT2D eigenvalue weighted by Crippen LogP contribution is 2.28. The van der Waals surface area contributed by atoms with Crippen LogP contribution in [-0.4, -0.2) is 11.7 Å². The third-order valence-corrected chi connectivity index (χ3v) is 4.85. The highest BCUT2D eigenvalue weighted by Gasteiger charge is 2.17. The van der Waals surface area contributed by atoms with Crippen molar-refractivity contribution in [2.24, 2.45) is 0 Å². The molecular weight excluding hydrogens is 348 g/mol. The van der Waals surface area contributed by atoms with E-state index in [1.807, 2.05) is 74.0 Å². The van der Waals surface area contributed by atoms with Crippen LogP contribution in [0, 0.1) is 20.8 Å². The second-order valence-corrected chi connectivity index (χ2v) is 7.14. The summed E-state index contributed by atoms with van der Waals surface area (Å²) in [6, 6.07) is 17.5. The van der Waals surface area contributed by atoms with Crippen molar-refractivity contribution in [2.45, 2.75) is 34.2 Å². The zero-order valence-electron chi connectivity index (χ0n) is 16.7. The number of ketones is 1. The van der Waals surface area contributed by atoms with Crippen molar-refractivity contribution in [1.82, 2.24) is 0 Å². The van der Waals surface area contributed by atoms with Crippen LogP contribution in [0.5, 0.6) is 0 Å². The number of anilines is 1. The highest BCUT2D eigenvalue weighted by molar-refractivity contribution is 5.95. The molecule has 1 amide bonds. The van der Waals surface area contributed by atoms with E-state index in [0.717, 1.165) is 39.2 Å². The third kappa shape index (κ3) is 4.34. The Morgan fingerprint density at radius 2 is 1.64 bits per heavy atom. The summed E-state index contributed by atoms with van der Waals surface area (Å²) in [6.45, 7) is 7.83. The fraction of sp³-hybridized carbons (Fsp3) is 0.208. The molecule has 3 aromatic rings. The number of rotatable bonds is 5. The van der Waals surface area contributed by atoms with Gasteiger partial charge in [-0.05, 0) is 36.6 Å². The van der Waals surface area contributed by atoms with Gasteiger partial charge >= 0.3 is 0 Å². The number of carbonyl (C=O) groups is 2. The summed E-state index contributed by atoms with van der Waals surface area (Å²) in [5.74, 6) is 0.00242. The minimum absolute atomic E-state index is 0.0847. The van der Waals surface area contributed by atoms with Crippen LogP contribution in [0.3, 0.4) is 0 Å². The number of benzene rings is 2. The van der Waals surface area contributed by atoms with Crippen LogP contribution in [0.15, 0.2) is 60.8 Å². The van der Waals surface area contributed by atoms with Gasteiger partial charge in [-0.25, -0.2) is 0 Å². The van der Waals surface area contributed by atoms with E-state index in [-0.39, 0.29) is 11.7 Å². The SMILES string of the molecule is CC(=O)Nc1cc(-c2cc(C)[n+](CC(=O)c3ccccc3)cc2C)ccc1C. The minimum atomic E-state index is -0.0847. The first kappa shape index (κ1) is 19.5. The van der Waals surface area contributed by atoms with Gasteiger partial charge in [0.15, 0.2) is 11.9 Å². The van der Waals surface area contributed by atoms with Crippen LogP contribution in [0.2, 0.25) is 0 Å². The molecule has 0 saturated heterocycles. The zero-order chi connectivity index (χ0) is 20.3. The summed E-state index contributed by atoms with van der Waals surface area (Å²) in [4.78, 5) is 24.0. The fourth-order valence-corrected chi connectivity index (χ4v) is 3.28.